The average molecular weight is 290 g/mol. The Morgan fingerprint density at radius 1 is 1.16 bits per heavy atom. The second-order valence-corrected chi connectivity index (χ2v) is 3.84. The number of aromatic nitrogens is 2. The Bertz CT molecular complexity index is 604. The first kappa shape index (κ1) is 13.4. The van der Waals surface area contributed by atoms with Gasteiger partial charge in [-0.25, -0.2) is 4.98 Å². The van der Waals surface area contributed by atoms with Crippen LogP contribution in [0.25, 0.3) is 0 Å². The quantitative estimate of drug-likeness (QED) is 0.859. The summed E-state index contributed by atoms with van der Waals surface area (Å²) in [5, 5.41) is -0.0884. The molecule has 0 saturated heterocycles. The molecule has 0 unspecified atom stereocenters. The van der Waals surface area contributed by atoms with Gasteiger partial charge < -0.3 is 10.5 Å². The maximum atomic E-state index is 12.8. The summed E-state index contributed by atoms with van der Waals surface area (Å²) < 4.78 is 43.3. The lowest BCUT2D eigenvalue weighted by atomic mass is 10.2. The molecule has 2 N–H and O–H groups in total. The van der Waals surface area contributed by atoms with Crippen LogP contribution in [0.15, 0.2) is 30.6 Å². The largest absolute Gasteiger partial charge is 0.436 e. The van der Waals surface area contributed by atoms with Crippen molar-refractivity contribution in [1.82, 2.24) is 9.97 Å². The van der Waals surface area contributed by atoms with Crippen molar-refractivity contribution in [2.24, 2.45) is 0 Å². The highest BCUT2D eigenvalue weighted by molar-refractivity contribution is 6.32. The molecule has 0 saturated carbocycles. The molecule has 0 fully saturated rings. The first-order valence-electron chi connectivity index (χ1n) is 4.99. The third-order valence-corrected chi connectivity index (χ3v) is 2.50. The molecule has 8 heteroatoms. The Labute approximate surface area is 111 Å². The van der Waals surface area contributed by atoms with Crippen molar-refractivity contribution in [1.29, 1.82) is 0 Å². The van der Waals surface area contributed by atoms with Crippen molar-refractivity contribution in [3.05, 3.63) is 41.3 Å². The van der Waals surface area contributed by atoms with Crippen LogP contribution >= 0.6 is 11.6 Å². The van der Waals surface area contributed by atoms with E-state index in [4.69, 9.17) is 22.1 Å². The van der Waals surface area contributed by atoms with Crippen molar-refractivity contribution >= 4 is 17.3 Å². The van der Waals surface area contributed by atoms with Gasteiger partial charge in [0, 0.05) is 0 Å². The van der Waals surface area contributed by atoms with Gasteiger partial charge in [0.1, 0.15) is 17.8 Å². The van der Waals surface area contributed by atoms with E-state index in [1.807, 2.05) is 0 Å². The molecular formula is C11H7ClF3N3O. The molecule has 0 bridgehead atoms. The topological polar surface area (TPSA) is 61.0 Å². The van der Waals surface area contributed by atoms with Crippen molar-refractivity contribution in [3.63, 3.8) is 0 Å². The molecule has 4 nitrogen and oxygen atoms in total. The van der Waals surface area contributed by atoms with E-state index < -0.39 is 17.5 Å². The van der Waals surface area contributed by atoms with Crippen LogP contribution in [0.2, 0.25) is 5.15 Å². The van der Waals surface area contributed by atoms with Gasteiger partial charge >= 0.3 is 6.18 Å². The molecule has 0 amide bonds. The van der Waals surface area contributed by atoms with Gasteiger partial charge in [-0.1, -0.05) is 23.7 Å². The van der Waals surface area contributed by atoms with E-state index >= 15 is 0 Å². The predicted octanol–water partition coefficient (Wildman–Crippen LogP) is 3.52. The minimum Gasteiger partial charge on any atom is -0.436 e. The summed E-state index contributed by atoms with van der Waals surface area (Å²) in [5.41, 5.74) is 4.48. The van der Waals surface area contributed by atoms with Gasteiger partial charge in [0.2, 0.25) is 5.88 Å². The summed E-state index contributed by atoms with van der Waals surface area (Å²) in [6.45, 7) is 0. The molecule has 2 aromatic rings. The maximum absolute atomic E-state index is 12.8. The molecule has 0 atom stereocenters. The van der Waals surface area contributed by atoms with E-state index in [1.54, 1.807) is 0 Å². The molecule has 100 valence electrons. The highest BCUT2D eigenvalue weighted by atomic mass is 35.5. The lowest BCUT2D eigenvalue weighted by molar-refractivity contribution is -0.138. The summed E-state index contributed by atoms with van der Waals surface area (Å²) in [4.78, 5) is 7.23. The second kappa shape index (κ2) is 4.93. The maximum Gasteiger partial charge on any atom is 0.419 e. The number of hydrogen-bond donors (Lipinski definition) is 1. The number of rotatable bonds is 2. The normalized spacial score (nSPS) is 11.4. The zero-order valence-electron chi connectivity index (χ0n) is 9.28. The molecule has 0 radical (unpaired) electrons. The van der Waals surface area contributed by atoms with Gasteiger partial charge in [-0.05, 0) is 12.1 Å². The van der Waals surface area contributed by atoms with E-state index in [1.165, 1.54) is 12.1 Å². The first-order chi connectivity index (χ1) is 8.89. The molecule has 0 spiro atoms. The van der Waals surface area contributed by atoms with Crippen LogP contribution in [0.1, 0.15) is 5.56 Å². The van der Waals surface area contributed by atoms with Crippen molar-refractivity contribution in [3.8, 4) is 11.6 Å². The van der Waals surface area contributed by atoms with E-state index in [0.717, 1.165) is 18.5 Å². The molecule has 1 aromatic heterocycles. The number of nitrogens with zero attached hydrogens (tertiary/aromatic N) is 2. The van der Waals surface area contributed by atoms with Gasteiger partial charge in [-0.15, -0.1) is 0 Å². The molecule has 0 aliphatic rings. The predicted molar refractivity (Wildman–Crippen MR) is 63.0 cm³/mol. The van der Waals surface area contributed by atoms with Crippen LogP contribution in [0.5, 0.6) is 11.6 Å². The number of ether oxygens (including phenoxy) is 1. The third kappa shape index (κ3) is 2.87. The van der Waals surface area contributed by atoms with E-state index in [0.29, 0.717) is 0 Å². The Kier molecular flexibility index (Phi) is 3.48. The fraction of sp³-hybridized carbons (Fsp3) is 0.0909. The number of anilines is 1. The number of nitrogen functional groups attached to an aromatic ring is 1. The summed E-state index contributed by atoms with van der Waals surface area (Å²) >= 11 is 5.63. The monoisotopic (exact) mass is 289 g/mol. The Morgan fingerprint density at radius 2 is 1.84 bits per heavy atom. The zero-order valence-corrected chi connectivity index (χ0v) is 10.0. The number of alkyl halides is 3. The number of benzene rings is 1. The first-order valence-corrected chi connectivity index (χ1v) is 5.37. The van der Waals surface area contributed by atoms with E-state index in [2.05, 4.69) is 9.97 Å². The van der Waals surface area contributed by atoms with Crippen molar-refractivity contribution in [2.75, 3.05) is 5.73 Å². The lowest BCUT2D eigenvalue weighted by Gasteiger charge is -2.13. The second-order valence-electron chi connectivity index (χ2n) is 3.48. The van der Waals surface area contributed by atoms with Gasteiger partial charge in [0.15, 0.2) is 5.15 Å². The number of nitrogens with two attached hydrogens (primary N) is 1. The Balaban J connectivity index is 2.42. The number of para-hydroxylation sites is 1. The summed E-state index contributed by atoms with van der Waals surface area (Å²) in [6.07, 6.45) is -3.49. The van der Waals surface area contributed by atoms with Gasteiger partial charge in [-0.3, -0.25) is 0 Å². The zero-order chi connectivity index (χ0) is 14.0. The number of hydrogen-bond acceptors (Lipinski definition) is 4. The molecule has 0 aliphatic heterocycles. The lowest BCUT2D eigenvalue weighted by Crippen LogP contribution is -2.07. The van der Waals surface area contributed by atoms with Gasteiger partial charge in [-0.2, -0.15) is 18.2 Å². The fourth-order valence-electron chi connectivity index (χ4n) is 1.33. The SMILES string of the molecule is Nc1c(Cl)ncnc1Oc1ccccc1C(F)(F)F. The standard InChI is InChI=1S/C11H7ClF3N3O/c12-9-8(16)10(18-5-17-9)19-7-4-2-1-3-6(7)11(13,14)15/h1-5H,16H2. The van der Waals surface area contributed by atoms with Crippen LogP contribution in [0.3, 0.4) is 0 Å². The number of halogens is 4. The molecular weight excluding hydrogens is 283 g/mol. The minimum atomic E-state index is -4.54. The van der Waals surface area contributed by atoms with Crippen LogP contribution in [0.4, 0.5) is 18.9 Å². The molecule has 19 heavy (non-hydrogen) atoms. The highest BCUT2D eigenvalue weighted by Crippen LogP contribution is 2.38. The summed E-state index contributed by atoms with van der Waals surface area (Å²) in [6, 6.07) is 4.72. The Hall–Kier alpha value is -2.02. The van der Waals surface area contributed by atoms with Crippen LogP contribution in [-0.2, 0) is 6.18 Å². The molecule has 2 rings (SSSR count). The van der Waals surface area contributed by atoms with Crippen LogP contribution in [0, 0.1) is 0 Å². The minimum absolute atomic E-state index is 0.0884. The van der Waals surface area contributed by atoms with E-state index in [-0.39, 0.29) is 16.7 Å². The molecule has 0 aliphatic carbocycles. The van der Waals surface area contributed by atoms with Gasteiger partial charge in [0.05, 0.1) is 5.56 Å². The third-order valence-electron chi connectivity index (χ3n) is 2.20. The fourth-order valence-corrected chi connectivity index (χ4v) is 1.46. The smallest absolute Gasteiger partial charge is 0.419 e. The highest BCUT2D eigenvalue weighted by Gasteiger charge is 2.34. The Morgan fingerprint density at radius 3 is 2.53 bits per heavy atom. The molecule has 1 heterocycles. The van der Waals surface area contributed by atoms with Crippen LogP contribution < -0.4 is 10.5 Å². The van der Waals surface area contributed by atoms with Crippen LogP contribution in [-0.4, -0.2) is 9.97 Å². The summed E-state index contributed by atoms with van der Waals surface area (Å²) in [7, 11) is 0. The summed E-state index contributed by atoms with van der Waals surface area (Å²) in [5.74, 6) is -0.631. The van der Waals surface area contributed by atoms with Crippen molar-refractivity contribution < 1.29 is 17.9 Å². The van der Waals surface area contributed by atoms with Gasteiger partial charge in [0.25, 0.3) is 0 Å². The average Bonchev–Trinajstić information content (AvgIpc) is 2.34. The molecule has 1 aromatic carbocycles. The van der Waals surface area contributed by atoms with Crippen molar-refractivity contribution in [2.45, 2.75) is 6.18 Å². The van der Waals surface area contributed by atoms with E-state index in [9.17, 15) is 13.2 Å².